The highest BCUT2D eigenvalue weighted by atomic mass is 127. The largest absolute Gasteiger partial charge is 0.495 e. The van der Waals surface area contributed by atoms with Gasteiger partial charge in [-0.15, -0.1) is 0 Å². The van der Waals surface area contributed by atoms with Gasteiger partial charge >= 0.3 is 0 Å². The van der Waals surface area contributed by atoms with Gasteiger partial charge in [-0.1, -0.05) is 30.3 Å². The van der Waals surface area contributed by atoms with Gasteiger partial charge in [-0.25, -0.2) is 5.43 Å². The molecule has 0 bridgehead atoms. The smallest absolute Gasteiger partial charge is 0.240 e. The second-order valence-corrected chi connectivity index (χ2v) is 8.80. The molecular formula is C27H25IN4O5. The Morgan fingerprint density at radius 3 is 2.46 bits per heavy atom. The lowest BCUT2D eigenvalue weighted by Gasteiger charge is -2.14. The molecule has 0 fully saturated rings. The van der Waals surface area contributed by atoms with Gasteiger partial charge in [0.2, 0.25) is 11.8 Å². The van der Waals surface area contributed by atoms with Crippen molar-refractivity contribution in [3.63, 3.8) is 0 Å². The second kappa shape index (κ2) is 13.8. The molecule has 2 N–H and O–H groups in total. The zero-order valence-corrected chi connectivity index (χ0v) is 22.4. The first kappa shape index (κ1) is 27.5. The van der Waals surface area contributed by atoms with Gasteiger partial charge in [-0.3, -0.25) is 9.59 Å². The zero-order chi connectivity index (χ0) is 26.6. The lowest BCUT2D eigenvalue weighted by Crippen LogP contribution is -2.20. The monoisotopic (exact) mass is 612 g/mol. The molecule has 3 aromatic rings. The highest BCUT2D eigenvalue weighted by Crippen LogP contribution is 2.34. The Morgan fingerprint density at radius 2 is 1.70 bits per heavy atom. The van der Waals surface area contributed by atoms with Gasteiger partial charge in [-0.2, -0.15) is 10.4 Å². The Hall–Kier alpha value is -4.11. The van der Waals surface area contributed by atoms with Gasteiger partial charge < -0.3 is 19.5 Å². The minimum absolute atomic E-state index is 0.00785. The van der Waals surface area contributed by atoms with E-state index in [1.54, 1.807) is 42.5 Å². The third-order valence-corrected chi connectivity index (χ3v) is 5.93. The van der Waals surface area contributed by atoms with Gasteiger partial charge in [0.15, 0.2) is 11.5 Å². The molecule has 0 atom stereocenters. The number of nitrogens with one attached hydrogen (secondary N) is 2. The molecule has 3 aromatic carbocycles. The van der Waals surface area contributed by atoms with Crippen LogP contribution in [0.2, 0.25) is 0 Å². The quantitative estimate of drug-likeness (QED) is 0.185. The van der Waals surface area contributed by atoms with Gasteiger partial charge in [0.05, 0.1) is 41.3 Å². The van der Waals surface area contributed by atoms with E-state index in [1.165, 1.54) is 20.4 Å². The fourth-order valence-corrected chi connectivity index (χ4v) is 4.06. The maximum Gasteiger partial charge on any atom is 0.240 e. The minimum atomic E-state index is -0.399. The first-order valence-corrected chi connectivity index (χ1v) is 12.3. The van der Waals surface area contributed by atoms with E-state index in [4.69, 9.17) is 14.2 Å². The summed E-state index contributed by atoms with van der Waals surface area (Å²) in [7, 11) is 3.05. The van der Waals surface area contributed by atoms with Crippen molar-refractivity contribution >= 4 is 46.3 Å². The van der Waals surface area contributed by atoms with Crippen LogP contribution in [0.5, 0.6) is 17.2 Å². The number of nitrogens with zero attached hydrogens (tertiary/aromatic N) is 2. The number of rotatable bonds is 11. The van der Waals surface area contributed by atoms with Crippen LogP contribution in [0.4, 0.5) is 5.69 Å². The molecule has 0 radical (unpaired) electrons. The zero-order valence-electron chi connectivity index (χ0n) is 20.3. The second-order valence-electron chi connectivity index (χ2n) is 7.63. The number of anilines is 1. The molecule has 0 aliphatic carbocycles. The van der Waals surface area contributed by atoms with Crippen LogP contribution in [-0.2, 0) is 16.2 Å². The first-order chi connectivity index (χ1) is 17.9. The molecular weight excluding hydrogens is 587 g/mol. The van der Waals surface area contributed by atoms with Gasteiger partial charge in [-0.05, 0) is 58.5 Å². The molecule has 190 valence electrons. The van der Waals surface area contributed by atoms with Crippen LogP contribution in [-0.4, -0.2) is 32.2 Å². The van der Waals surface area contributed by atoms with E-state index < -0.39 is 5.91 Å². The summed E-state index contributed by atoms with van der Waals surface area (Å²) < 4.78 is 17.4. The molecule has 0 saturated heterocycles. The third kappa shape index (κ3) is 7.94. The van der Waals surface area contributed by atoms with E-state index in [-0.39, 0.29) is 25.4 Å². The normalized spacial score (nSPS) is 10.4. The van der Waals surface area contributed by atoms with E-state index in [2.05, 4.69) is 44.5 Å². The van der Waals surface area contributed by atoms with Crippen molar-refractivity contribution in [3.05, 3.63) is 80.9 Å². The topological polar surface area (TPSA) is 122 Å². The molecule has 0 unspecified atom stereocenters. The van der Waals surface area contributed by atoms with Gasteiger partial charge in [0.25, 0.3) is 0 Å². The number of amides is 2. The molecule has 0 aromatic heterocycles. The number of ether oxygens (including phenoxy) is 3. The van der Waals surface area contributed by atoms with Crippen molar-refractivity contribution in [3.8, 4) is 23.3 Å². The van der Waals surface area contributed by atoms with Crippen molar-refractivity contribution in [2.24, 2.45) is 5.10 Å². The summed E-state index contributed by atoms with van der Waals surface area (Å²) in [6.45, 7) is 0.213. The maximum absolute atomic E-state index is 12.2. The number of carbonyl (C=O) groups is 2. The van der Waals surface area contributed by atoms with Crippen LogP contribution in [0, 0.1) is 14.9 Å². The predicted octanol–water partition coefficient (Wildman–Crippen LogP) is 4.63. The minimum Gasteiger partial charge on any atom is -0.495 e. The van der Waals surface area contributed by atoms with Crippen molar-refractivity contribution in [1.29, 1.82) is 5.26 Å². The number of carbonyl (C=O) groups excluding carboxylic acids is 2. The molecule has 0 spiro atoms. The van der Waals surface area contributed by atoms with Crippen LogP contribution in [0.25, 0.3) is 0 Å². The highest BCUT2D eigenvalue weighted by Gasteiger charge is 2.13. The molecule has 2 amide bonds. The Labute approximate surface area is 228 Å². The molecule has 0 aliphatic rings. The summed E-state index contributed by atoms with van der Waals surface area (Å²) in [6, 6.07) is 20.0. The highest BCUT2D eigenvalue weighted by molar-refractivity contribution is 14.1. The number of hydrogen-bond donors (Lipinski definition) is 2. The number of hydrazone groups is 1. The lowest BCUT2D eigenvalue weighted by molar-refractivity contribution is -0.124. The number of benzene rings is 3. The van der Waals surface area contributed by atoms with E-state index in [0.717, 1.165) is 9.13 Å². The van der Waals surface area contributed by atoms with Crippen molar-refractivity contribution < 1.29 is 23.8 Å². The van der Waals surface area contributed by atoms with Crippen LogP contribution in [0.1, 0.15) is 29.5 Å². The Balaban J connectivity index is 1.54. The number of halogens is 1. The Kier molecular flexibility index (Phi) is 10.3. The van der Waals surface area contributed by atoms with Crippen LogP contribution >= 0.6 is 22.6 Å². The molecule has 0 heterocycles. The number of para-hydroxylation sites is 2. The summed E-state index contributed by atoms with van der Waals surface area (Å²) in [6.07, 6.45) is 1.44. The van der Waals surface area contributed by atoms with Crippen molar-refractivity contribution in [1.82, 2.24) is 5.43 Å². The van der Waals surface area contributed by atoms with E-state index in [0.29, 0.717) is 34.1 Å². The van der Waals surface area contributed by atoms with Gasteiger partial charge in [0.1, 0.15) is 12.4 Å². The Bertz CT molecular complexity index is 1340. The van der Waals surface area contributed by atoms with Gasteiger partial charge in [0, 0.05) is 18.4 Å². The summed E-state index contributed by atoms with van der Waals surface area (Å²) >= 11 is 2.12. The fraction of sp³-hybridized carbons (Fsp3) is 0.185. The van der Waals surface area contributed by atoms with Crippen LogP contribution in [0.3, 0.4) is 0 Å². The number of nitriles is 1. The van der Waals surface area contributed by atoms with E-state index >= 15 is 0 Å². The summed E-state index contributed by atoms with van der Waals surface area (Å²) in [5.41, 5.74) is 4.97. The molecule has 9 nitrogen and oxygen atoms in total. The van der Waals surface area contributed by atoms with E-state index in [1.807, 2.05) is 18.2 Å². The molecule has 37 heavy (non-hydrogen) atoms. The fourth-order valence-electron chi connectivity index (χ4n) is 3.28. The average Bonchev–Trinajstić information content (AvgIpc) is 2.91. The number of hydrogen-bond acceptors (Lipinski definition) is 7. The third-order valence-electron chi connectivity index (χ3n) is 5.12. The van der Waals surface area contributed by atoms with Crippen LogP contribution < -0.4 is 25.0 Å². The maximum atomic E-state index is 12.2. The molecule has 0 saturated carbocycles. The van der Waals surface area contributed by atoms with Crippen LogP contribution in [0.15, 0.2) is 65.8 Å². The lowest BCUT2D eigenvalue weighted by atomic mass is 10.1. The van der Waals surface area contributed by atoms with Crippen molar-refractivity contribution in [2.75, 3.05) is 19.5 Å². The Morgan fingerprint density at radius 1 is 1.00 bits per heavy atom. The molecule has 0 aliphatic heterocycles. The predicted molar refractivity (Wildman–Crippen MR) is 148 cm³/mol. The summed E-state index contributed by atoms with van der Waals surface area (Å²) in [4.78, 5) is 24.3. The molecule has 10 heteroatoms. The summed E-state index contributed by atoms with van der Waals surface area (Å²) in [5, 5.41) is 16.0. The SMILES string of the molecule is COc1ccccc1NC(=O)CCC(=O)NN=Cc1cc(I)c(OCc2ccccc2C#N)c(OC)c1. The first-order valence-electron chi connectivity index (χ1n) is 11.2. The number of methoxy groups -OCH3 is 2. The van der Waals surface area contributed by atoms with E-state index in [9.17, 15) is 14.9 Å². The van der Waals surface area contributed by atoms with Crippen molar-refractivity contribution in [2.45, 2.75) is 19.4 Å². The summed E-state index contributed by atoms with van der Waals surface area (Å²) in [5.74, 6) is 0.860. The standard InChI is InChI=1S/C27H25IN4O5/c1-35-23-10-6-5-9-22(23)31-25(33)11-12-26(34)32-30-16-18-13-21(28)27(24(14-18)36-2)37-17-20-8-4-3-7-19(20)15-29/h3-10,13-14,16H,11-12,17H2,1-2H3,(H,31,33)(H,32,34). The molecule has 3 rings (SSSR count). The average molecular weight is 612 g/mol.